The monoisotopic (exact) mass is 345 g/mol. The summed E-state index contributed by atoms with van der Waals surface area (Å²) in [6.07, 6.45) is 0.330. The third-order valence-electron chi connectivity index (χ3n) is 3.10. The lowest BCUT2D eigenvalue weighted by molar-refractivity contribution is -0.115. The van der Waals surface area contributed by atoms with Gasteiger partial charge in [-0.2, -0.15) is 5.26 Å². The van der Waals surface area contributed by atoms with Crippen molar-refractivity contribution in [2.24, 2.45) is 0 Å². The van der Waals surface area contributed by atoms with E-state index in [0.717, 1.165) is 11.3 Å². The molecule has 2 rings (SSSR count). The van der Waals surface area contributed by atoms with Crippen LogP contribution in [0.5, 0.6) is 0 Å². The van der Waals surface area contributed by atoms with E-state index < -0.39 is 0 Å². The summed E-state index contributed by atoms with van der Waals surface area (Å²) < 4.78 is 0. The Bertz CT molecular complexity index is 771. The van der Waals surface area contributed by atoms with Gasteiger partial charge in [0.2, 0.25) is 5.91 Å². The molecule has 0 radical (unpaired) electrons. The summed E-state index contributed by atoms with van der Waals surface area (Å²) in [7, 11) is 0. The molecule has 1 aromatic heterocycles. The fraction of sp³-hybridized carbons (Fsp3) is 0.235. The minimum Gasteiger partial charge on any atom is -0.326 e. The molecule has 0 bridgehead atoms. The number of carbonyl (C=O) groups is 1. The van der Waals surface area contributed by atoms with Crippen LogP contribution in [0, 0.1) is 25.2 Å². The Hall–Kier alpha value is -2.03. The maximum absolute atomic E-state index is 11.9. The van der Waals surface area contributed by atoms with E-state index in [4.69, 9.17) is 11.6 Å². The predicted octanol–water partition coefficient (Wildman–Crippen LogP) is 4.34. The average molecular weight is 346 g/mol. The van der Waals surface area contributed by atoms with Gasteiger partial charge in [-0.25, -0.2) is 4.98 Å². The van der Waals surface area contributed by atoms with Crippen molar-refractivity contribution in [3.8, 4) is 6.07 Å². The van der Waals surface area contributed by atoms with Crippen LogP contribution in [0.15, 0.2) is 35.4 Å². The lowest BCUT2D eigenvalue weighted by Gasteiger charge is -2.08. The van der Waals surface area contributed by atoms with Gasteiger partial charge in [-0.15, -0.1) is 11.8 Å². The molecule has 0 saturated carbocycles. The smallest absolute Gasteiger partial charge is 0.225 e. The number of nitrogens with zero attached hydrogens (tertiary/aromatic N) is 2. The van der Waals surface area contributed by atoms with Gasteiger partial charge in [0.1, 0.15) is 11.1 Å². The third-order valence-corrected chi connectivity index (χ3v) is 4.31. The highest BCUT2D eigenvalue weighted by molar-refractivity contribution is 7.99. The Balaban J connectivity index is 1.93. The number of nitrogens with one attached hydrogen (secondary N) is 1. The summed E-state index contributed by atoms with van der Waals surface area (Å²) in [4.78, 5) is 16.3. The second kappa shape index (κ2) is 8.00. The fourth-order valence-corrected chi connectivity index (χ4v) is 3.30. The van der Waals surface area contributed by atoms with E-state index in [1.54, 1.807) is 24.3 Å². The Morgan fingerprint density at radius 1 is 1.39 bits per heavy atom. The van der Waals surface area contributed by atoms with Gasteiger partial charge in [0, 0.05) is 28.6 Å². The molecule has 1 heterocycles. The zero-order valence-corrected chi connectivity index (χ0v) is 14.5. The molecule has 118 valence electrons. The zero-order valence-electron chi connectivity index (χ0n) is 12.9. The van der Waals surface area contributed by atoms with Crippen molar-refractivity contribution in [2.75, 3.05) is 11.1 Å². The number of anilines is 1. The molecule has 4 nitrogen and oxygen atoms in total. The lowest BCUT2D eigenvalue weighted by atomic mass is 10.1. The molecule has 0 aliphatic carbocycles. The number of hydrogen-bond donors (Lipinski definition) is 1. The molecule has 0 fully saturated rings. The number of aromatic nitrogens is 1. The Kier molecular flexibility index (Phi) is 6.03. The number of aryl methyl sites for hydroxylation is 2. The van der Waals surface area contributed by atoms with Gasteiger partial charge >= 0.3 is 0 Å². The first-order chi connectivity index (χ1) is 11.0. The number of thioether (sulfide) groups is 1. The molecule has 0 spiro atoms. The Labute approximate surface area is 144 Å². The normalized spacial score (nSPS) is 10.2. The SMILES string of the molecule is Cc1cc(C)c(C#N)c(SCCC(=O)Nc2cccc(Cl)c2)n1. The van der Waals surface area contributed by atoms with Crippen LogP contribution in [-0.4, -0.2) is 16.6 Å². The summed E-state index contributed by atoms with van der Waals surface area (Å²) in [6.45, 7) is 3.78. The van der Waals surface area contributed by atoms with Crippen molar-refractivity contribution < 1.29 is 4.79 Å². The van der Waals surface area contributed by atoms with Crippen molar-refractivity contribution in [2.45, 2.75) is 25.3 Å². The molecule has 0 unspecified atom stereocenters. The Morgan fingerprint density at radius 3 is 2.87 bits per heavy atom. The summed E-state index contributed by atoms with van der Waals surface area (Å²) in [5.41, 5.74) is 3.03. The van der Waals surface area contributed by atoms with Crippen LogP contribution in [0.25, 0.3) is 0 Å². The third kappa shape index (κ3) is 4.98. The molecule has 0 saturated heterocycles. The van der Waals surface area contributed by atoms with Crippen molar-refractivity contribution in [1.82, 2.24) is 4.98 Å². The van der Waals surface area contributed by atoms with E-state index in [1.165, 1.54) is 11.8 Å². The molecule has 2 aromatic rings. The maximum atomic E-state index is 11.9. The van der Waals surface area contributed by atoms with E-state index in [1.807, 2.05) is 19.9 Å². The molecule has 1 N–H and O–H groups in total. The van der Waals surface area contributed by atoms with Crippen LogP contribution >= 0.6 is 23.4 Å². The first kappa shape index (κ1) is 17.3. The minimum absolute atomic E-state index is 0.0948. The van der Waals surface area contributed by atoms with Gasteiger partial charge in [-0.1, -0.05) is 17.7 Å². The first-order valence-corrected chi connectivity index (χ1v) is 8.42. The van der Waals surface area contributed by atoms with E-state index >= 15 is 0 Å². The summed E-state index contributed by atoms with van der Waals surface area (Å²) in [5, 5.41) is 13.3. The van der Waals surface area contributed by atoms with E-state index in [2.05, 4.69) is 16.4 Å². The molecular weight excluding hydrogens is 330 g/mol. The number of benzene rings is 1. The van der Waals surface area contributed by atoms with E-state index in [0.29, 0.717) is 33.5 Å². The average Bonchev–Trinajstić information content (AvgIpc) is 2.46. The van der Waals surface area contributed by atoms with Gasteiger partial charge in [0.25, 0.3) is 0 Å². The fourth-order valence-electron chi connectivity index (χ4n) is 2.07. The van der Waals surface area contributed by atoms with Crippen LogP contribution < -0.4 is 5.32 Å². The van der Waals surface area contributed by atoms with Crippen molar-refractivity contribution in [3.05, 3.63) is 52.2 Å². The lowest BCUT2D eigenvalue weighted by Crippen LogP contribution is -2.12. The van der Waals surface area contributed by atoms with Gasteiger partial charge in [0.15, 0.2) is 0 Å². The standard InChI is InChI=1S/C17H16ClN3OS/c1-11-8-12(2)20-17(15(11)10-19)23-7-6-16(22)21-14-5-3-4-13(18)9-14/h3-5,8-9H,6-7H2,1-2H3,(H,21,22). The zero-order chi connectivity index (χ0) is 16.8. The number of halogens is 1. The van der Waals surface area contributed by atoms with Crippen LogP contribution in [0.1, 0.15) is 23.2 Å². The van der Waals surface area contributed by atoms with Crippen molar-refractivity contribution in [3.63, 3.8) is 0 Å². The molecule has 0 aliphatic rings. The highest BCUT2D eigenvalue weighted by atomic mass is 35.5. The predicted molar refractivity (Wildman–Crippen MR) is 93.8 cm³/mol. The molecular formula is C17H16ClN3OS. The van der Waals surface area contributed by atoms with Gasteiger partial charge < -0.3 is 5.32 Å². The number of hydrogen-bond acceptors (Lipinski definition) is 4. The number of pyridine rings is 1. The molecule has 1 amide bonds. The second-order valence-electron chi connectivity index (χ2n) is 5.03. The quantitative estimate of drug-likeness (QED) is 0.818. The summed E-state index contributed by atoms with van der Waals surface area (Å²) in [5.74, 6) is 0.458. The molecule has 0 aliphatic heterocycles. The van der Waals surface area contributed by atoms with Gasteiger partial charge in [0.05, 0.1) is 5.56 Å². The van der Waals surface area contributed by atoms with E-state index in [-0.39, 0.29) is 5.91 Å². The first-order valence-electron chi connectivity index (χ1n) is 7.06. The second-order valence-corrected chi connectivity index (χ2v) is 6.55. The maximum Gasteiger partial charge on any atom is 0.225 e. The van der Waals surface area contributed by atoms with Crippen LogP contribution in [0.4, 0.5) is 5.69 Å². The van der Waals surface area contributed by atoms with Gasteiger partial charge in [-0.05, 0) is 43.7 Å². The number of nitriles is 1. The summed E-state index contributed by atoms with van der Waals surface area (Å²) in [6, 6.07) is 11.1. The van der Waals surface area contributed by atoms with Crippen molar-refractivity contribution in [1.29, 1.82) is 5.26 Å². The molecule has 0 atom stereocenters. The molecule has 6 heteroatoms. The highest BCUT2D eigenvalue weighted by Crippen LogP contribution is 2.24. The Morgan fingerprint density at radius 2 is 2.17 bits per heavy atom. The molecule has 23 heavy (non-hydrogen) atoms. The number of carbonyl (C=O) groups excluding carboxylic acids is 1. The largest absolute Gasteiger partial charge is 0.326 e. The van der Waals surface area contributed by atoms with Crippen LogP contribution in [0.3, 0.4) is 0 Å². The van der Waals surface area contributed by atoms with Crippen LogP contribution in [-0.2, 0) is 4.79 Å². The molecule has 1 aromatic carbocycles. The van der Waals surface area contributed by atoms with Gasteiger partial charge in [-0.3, -0.25) is 4.79 Å². The minimum atomic E-state index is -0.0948. The van der Waals surface area contributed by atoms with Crippen LogP contribution in [0.2, 0.25) is 5.02 Å². The summed E-state index contributed by atoms with van der Waals surface area (Å²) >= 11 is 7.30. The number of rotatable bonds is 5. The topological polar surface area (TPSA) is 65.8 Å². The van der Waals surface area contributed by atoms with E-state index in [9.17, 15) is 10.1 Å². The number of amides is 1. The van der Waals surface area contributed by atoms with Crippen molar-refractivity contribution >= 4 is 35.0 Å². The highest BCUT2D eigenvalue weighted by Gasteiger charge is 2.10.